The third-order valence-corrected chi connectivity index (χ3v) is 4.88. The lowest BCUT2D eigenvalue weighted by Gasteiger charge is -2.22. The van der Waals surface area contributed by atoms with Gasteiger partial charge in [0, 0.05) is 29.0 Å². The van der Waals surface area contributed by atoms with E-state index in [-0.39, 0.29) is 16.1 Å². The average molecular weight is 296 g/mol. The maximum absolute atomic E-state index is 12.5. The lowest BCUT2D eigenvalue weighted by molar-refractivity contribution is 0.0752. The molecule has 1 amide bonds. The van der Waals surface area contributed by atoms with Crippen molar-refractivity contribution in [1.82, 2.24) is 20.1 Å². The summed E-state index contributed by atoms with van der Waals surface area (Å²) in [5.41, 5.74) is -0.123. The van der Waals surface area contributed by atoms with E-state index in [0.717, 1.165) is 31.1 Å². The van der Waals surface area contributed by atoms with Crippen LogP contribution in [0.25, 0.3) is 0 Å². The number of thioether (sulfide) groups is 1. The number of hydrogen-bond acceptors (Lipinski definition) is 4. The van der Waals surface area contributed by atoms with Crippen LogP contribution in [0.2, 0.25) is 0 Å². The van der Waals surface area contributed by atoms with Crippen molar-refractivity contribution >= 4 is 17.7 Å². The standard InChI is InChI=1S/C14H24N4OS/c1-13(2,3)12-15-10(16-17-12)11(19)18-7-6-14(4,5)20-9-8-18/h6-9H2,1-5H3,(H,15,16,17). The van der Waals surface area contributed by atoms with Gasteiger partial charge in [-0.3, -0.25) is 9.89 Å². The smallest absolute Gasteiger partial charge is 0.293 e. The van der Waals surface area contributed by atoms with Gasteiger partial charge >= 0.3 is 0 Å². The van der Waals surface area contributed by atoms with Gasteiger partial charge in [0.05, 0.1) is 0 Å². The van der Waals surface area contributed by atoms with Gasteiger partial charge in [-0.15, -0.1) is 5.10 Å². The van der Waals surface area contributed by atoms with Gasteiger partial charge in [-0.1, -0.05) is 34.6 Å². The molecule has 2 rings (SSSR count). The van der Waals surface area contributed by atoms with Crippen molar-refractivity contribution in [2.24, 2.45) is 0 Å². The Hall–Kier alpha value is -1.04. The van der Waals surface area contributed by atoms with E-state index < -0.39 is 0 Å². The minimum atomic E-state index is -0.123. The van der Waals surface area contributed by atoms with Gasteiger partial charge in [0.1, 0.15) is 5.82 Å². The van der Waals surface area contributed by atoms with Crippen LogP contribution in [0.5, 0.6) is 0 Å². The maximum Gasteiger partial charge on any atom is 0.293 e. The Morgan fingerprint density at radius 3 is 2.65 bits per heavy atom. The third-order valence-electron chi connectivity index (χ3n) is 3.51. The summed E-state index contributed by atoms with van der Waals surface area (Å²) in [6, 6.07) is 0. The first kappa shape index (κ1) is 15.4. The molecule has 0 bridgehead atoms. The van der Waals surface area contributed by atoms with E-state index in [1.54, 1.807) is 0 Å². The molecule has 112 valence electrons. The molecule has 0 atom stereocenters. The molecule has 6 heteroatoms. The molecule has 0 spiro atoms. The number of hydrogen-bond donors (Lipinski definition) is 1. The molecule has 1 N–H and O–H groups in total. The normalized spacial score (nSPS) is 19.8. The molecule has 1 fully saturated rings. The number of aromatic nitrogens is 3. The minimum absolute atomic E-state index is 0.0601. The second-order valence-electron chi connectivity index (χ2n) is 6.91. The fourth-order valence-electron chi connectivity index (χ4n) is 2.06. The van der Waals surface area contributed by atoms with E-state index in [9.17, 15) is 4.79 Å². The summed E-state index contributed by atoms with van der Waals surface area (Å²) >= 11 is 1.92. The van der Waals surface area contributed by atoms with Crippen LogP contribution in [0.3, 0.4) is 0 Å². The van der Waals surface area contributed by atoms with Crippen LogP contribution in [-0.2, 0) is 5.41 Å². The molecule has 0 saturated carbocycles. The van der Waals surface area contributed by atoms with E-state index in [1.807, 2.05) is 37.4 Å². The number of carbonyl (C=O) groups excluding carboxylic acids is 1. The van der Waals surface area contributed by atoms with Crippen molar-refractivity contribution in [2.75, 3.05) is 18.8 Å². The number of rotatable bonds is 1. The number of carbonyl (C=O) groups is 1. The maximum atomic E-state index is 12.5. The van der Waals surface area contributed by atoms with Gasteiger partial charge in [-0.05, 0) is 6.42 Å². The van der Waals surface area contributed by atoms with E-state index in [0.29, 0.717) is 5.82 Å². The highest BCUT2D eigenvalue weighted by Gasteiger charge is 2.29. The lowest BCUT2D eigenvalue weighted by atomic mass is 9.96. The number of aromatic amines is 1. The molecule has 0 aromatic carbocycles. The van der Waals surface area contributed by atoms with Gasteiger partial charge in [0.15, 0.2) is 0 Å². The zero-order valence-electron chi connectivity index (χ0n) is 13.0. The van der Waals surface area contributed by atoms with Crippen molar-refractivity contribution in [3.63, 3.8) is 0 Å². The Bertz CT molecular complexity index is 490. The summed E-state index contributed by atoms with van der Waals surface area (Å²) in [7, 11) is 0. The second-order valence-corrected chi connectivity index (χ2v) is 8.71. The summed E-state index contributed by atoms with van der Waals surface area (Å²) < 4.78 is 0.241. The van der Waals surface area contributed by atoms with Crippen LogP contribution in [-0.4, -0.2) is 49.6 Å². The zero-order valence-corrected chi connectivity index (χ0v) is 13.8. The third kappa shape index (κ3) is 3.53. The molecule has 0 unspecified atom stereocenters. The molecule has 5 nitrogen and oxygen atoms in total. The van der Waals surface area contributed by atoms with Crippen LogP contribution < -0.4 is 0 Å². The minimum Gasteiger partial charge on any atom is -0.335 e. The van der Waals surface area contributed by atoms with Gasteiger partial charge in [-0.25, -0.2) is 4.98 Å². The summed E-state index contributed by atoms with van der Waals surface area (Å²) in [5.74, 6) is 1.95. The number of nitrogens with one attached hydrogen (secondary N) is 1. The van der Waals surface area contributed by atoms with Gasteiger partial charge in [0.2, 0.25) is 5.82 Å². The van der Waals surface area contributed by atoms with Crippen LogP contribution in [0.1, 0.15) is 57.5 Å². The number of nitrogens with zero attached hydrogens (tertiary/aromatic N) is 3. The van der Waals surface area contributed by atoms with Crippen LogP contribution in [0, 0.1) is 0 Å². The van der Waals surface area contributed by atoms with E-state index >= 15 is 0 Å². The molecule has 1 saturated heterocycles. The fourth-order valence-corrected chi connectivity index (χ4v) is 3.16. The lowest BCUT2D eigenvalue weighted by Crippen LogP contribution is -2.34. The number of amides is 1. The highest BCUT2D eigenvalue weighted by atomic mass is 32.2. The SMILES string of the molecule is CC1(C)CCN(C(=O)c2n[nH]c(C(C)(C)C)n2)CCS1. The summed E-state index contributed by atoms with van der Waals surface area (Å²) in [5, 5.41) is 6.97. The largest absolute Gasteiger partial charge is 0.335 e. The molecule has 1 aromatic rings. The summed E-state index contributed by atoms with van der Waals surface area (Å²) in [6.07, 6.45) is 1.000. The first-order valence-electron chi connectivity index (χ1n) is 7.05. The highest BCUT2D eigenvalue weighted by molar-refractivity contribution is 8.00. The quantitative estimate of drug-likeness (QED) is 0.864. The molecular weight excluding hydrogens is 272 g/mol. The van der Waals surface area contributed by atoms with Gasteiger partial charge < -0.3 is 4.90 Å². The predicted octanol–water partition coefficient (Wildman–Crippen LogP) is 2.46. The van der Waals surface area contributed by atoms with Crippen LogP contribution in [0.4, 0.5) is 0 Å². The van der Waals surface area contributed by atoms with E-state index in [1.165, 1.54) is 0 Å². The van der Waals surface area contributed by atoms with Gasteiger partial charge in [0.25, 0.3) is 5.91 Å². The van der Waals surface area contributed by atoms with E-state index in [4.69, 9.17) is 0 Å². The molecule has 20 heavy (non-hydrogen) atoms. The van der Waals surface area contributed by atoms with Crippen molar-refractivity contribution in [3.05, 3.63) is 11.6 Å². The monoisotopic (exact) mass is 296 g/mol. The molecule has 0 radical (unpaired) electrons. The molecule has 0 aliphatic carbocycles. The summed E-state index contributed by atoms with van der Waals surface area (Å²) in [4.78, 5) is 18.7. The second kappa shape index (κ2) is 5.39. The van der Waals surface area contributed by atoms with Crippen LogP contribution in [0.15, 0.2) is 0 Å². The molecule has 1 aliphatic rings. The van der Waals surface area contributed by atoms with Crippen molar-refractivity contribution in [1.29, 1.82) is 0 Å². The Labute approximate surface area is 124 Å². The predicted molar refractivity (Wildman–Crippen MR) is 82.1 cm³/mol. The summed E-state index contributed by atoms with van der Waals surface area (Å²) in [6.45, 7) is 12.2. The first-order chi connectivity index (χ1) is 9.19. The van der Waals surface area contributed by atoms with Crippen LogP contribution >= 0.6 is 11.8 Å². The van der Waals surface area contributed by atoms with Crippen molar-refractivity contribution in [2.45, 2.75) is 51.2 Å². The molecule has 2 heterocycles. The van der Waals surface area contributed by atoms with Crippen molar-refractivity contribution < 1.29 is 4.79 Å². The van der Waals surface area contributed by atoms with E-state index in [2.05, 4.69) is 29.0 Å². The number of H-pyrrole nitrogens is 1. The van der Waals surface area contributed by atoms with Gasteiger partial charge in [-0.2, -0.15) is 11.8 Å². The highest BCUT2D eigenvalue weighted by Crippen LogP contribution is 2.31. The Balaban J connectivity index is 2.09. The topological polar surface area (TPSA) is 61.9 Å². The Morgan fingerprint density at radius 1 is 1.35 bits per heavy atom. The first-order valence-corrected chi connectivity index (χ1v) is 8.04. The Morgan fingerprint density at radius 2 is 2.05 bits per heavy atom. The fraction of sp³-hybridized carbons (Fsp3) is 0.786. The molecule has 1 aromatic heterocycles. The molecule has 1 aliphatic heterocycles. The average Bonchev–Trinajstić information content (AvgIpc) is 2.75. The molecular formula is C14H24N4OS. The Kier molecular flexibility index (Phi) is 4.14. The zero-order chi connectivity index (χ0) is 15.0. The van der Waals surface area contributed by atoms with Crippen molar-refractivity contribution in [3.8, 4) is 0 Å².